The average molecular weight is 459 g/mol. The minimum absolute atomic E-state index is 0.0200. The quantitative estimate of drug-likeness (QED) is 0.0888. The standard InChI is InChI=1S/C27H38O6/c1-4-6-8-10-11-12-13-15-19-30-25-24-22(32-21(3)28)17-16-18-23(24)33-27(29)26(25)31-20-14-9-7-5-2/h7,9,16-18H,4-6,8,10-15,19-20H2,1-3H3/b9-7+. The molecule has 0 radical (unpaired) electrons. The number of ether oxygens (including phenoxy) is 3. The fourth-order valence-corrected chi connectivity index (χ4v) is 3.60. The summed E-state index contributed by atoms with van der Waals surface area (Å²) in [7, 11) is 0. The van der Waals surface area contributed by atoms with E-state index in [9.17, 15) is 9.59 Å². The SMILES string of the molecule is CC/C=C/CCOc1c(OCCCCCCCCCC)c2c(OC(C)=O)cccc2oc1=O. The lowest BCUT2D eigenvalue weighted by Crippen LogP contribution is -2.12. The summed E-state index contributed by atoms with van der Waals surface area (Å²) < 4.78 is 22.7. The molecule has 0 aliphatic heterocycles. The molecule has 0 saturated heterocycles. The molecule has 0 spiro atoms. The number of carbonyl (C=O) groups is 1. The number of fused-ring (bicyclic) bond motifs is 1. The summed E-state index contributed by atoms with van der Waals surface area (Å²) >= 11 is 0. The molecular formula is C27H38O6. The second-order valence-corrected chi connectivity index (χ2v) is 8.11. The van der Waals surface area contributed by atoms with E-state index in [1.54, 1.807) is 18.2 Å². The van der Waals surface area contributed by atoms with Crippen molar-refractivity contribution < 1.29 is 23.4 Å². The van der Waals surface area contributed by atoms with Crippen molar-refractivity contribution in [2.24, 2.45) is 0 Å². The molecule has 6 nitrogen and oxygen atoms in total. The van der Waals surface area contributed by atoms with Gasteiger partial charge in [-0.15, -0.1) is 0 Å². The fourth-order valence-electron chi connectivity index (χ4n) is 3.60. The Labute approximate surface area is 196 Å². The molecule has 2 aromatic rings. The maximum Gasteiger partial charge on any atom is 0.383 e. The first-order valence-electron chi connectivity index (χ1n) is 12.3. The van der Waals surface area contributed by atoms with Gasteiger partial charge in [-0.2, -0.15) is 0 Å². The van der Waals surface area contributed by atoms with E-state index in [4.69, 9.17) is 18.6 Å². The lowest BCUT2D eigenvalue weighted by atomic mass is 10.1. The third kappa shape index (κ3) is 8.95. The molecule has 0 bridgehead atoms. The molecular weight excluding hydrogens is 420 g/mol. The van der Waals surface area contributed by atoms with Crippen LogP contribution in [0.3, 0.4) is 0 Å². The predicted octanol–water partition coefficient (Wildman–Crippen LogP) is 6.97. The first kappa shape index (κ1) is 26.5. The second kappa shape index (κ2) is 15.1. The van der Waals surface area contributed by atoms with E-state index >= 15 is 0 Å². The Balaban J connectivity index is 2.17. The smallest absolute Gasteiger partial charge is 0.383 e. The van der Waals surface area contributed by atoms with Crippen molar-refractivity contribution in [2.75, 3.05) is 13.2 Å². The number of benzene rings is 1. The van der Waals surface area contributed by atoms with Crippen LogP contribution in [0.4, 0.5) is 0 Å². The maximum absolute atomic E-state index is 12.7. The van der Waals surface area contributed by atoms with Crippen molar-refractivity contribution in [3.05, 3.63) is 40.8 Å². The van der Waals surface area contributed by atoms with E-state index < -0.39 is 11.6 Å². The topological polar surface area (TPSA) is 75.0 Å². The van der Waals surface area contributed by atoms with Crippen molar-refractivity contribution in [3.8, 4) is 17.2 Å². The molecule has 0 N–H and O–H groups in total. The molecule has 0 saturated carbocycles. The third-order valence-corrected chi connectivity index (χ3v) is 5.24. The van der Waals surface area contributed by atoms with Gasteiger partial charge < -0.3 is 18.6 Å². The summed E-state index contributed by atoms with van der Waals surface area (Å²) in [5, 5.41) is 0.436. The zero-order valence-electron chi connectivity index (χ0n) is 20.3. The summed E-state index contributed by atoms with van der Waals surface area (Å²) in [6.45, 7) is 6.36. The van der Waals surface area contributed by atoms with Gasteiger partial charge >= 0.3 is 11.6 Å². The zero-order chi connectivity index (χ0) is 23.9. The molecule has 1 aromatic heterocycles. The highest BCUT2D eigenvalue weighted by atomic mass is 16.5. The molecule has 0 aliphatic rings. The second-order valence-electron chi connectivity index (χ2n) is 8.11. The Kier molecular flexibility index (Phi) is 12.2. The largest absolute Gasteiger partial charge is 0.489 e. The predicted molar refractivity (Wildman–Crippen MR) is 131 cm³/mol. The molecule has 0 aliphatic carbocycles. The van der Waals surface area contributed by atoms with Crippen molar-refractivity contribution in [3.63, 3.8) is 0 Å². The summed E-state index contributed by atoms with van der Waals surface area (Å²) in [6.07, 6.45) is 15.1. The van der Waals surface area contributed by atoms with Crippen LogP contribution in [-0.4, -0.2) is 19.2 Å². The monoisotopic (exact) mass is 458 g/mol. The van der Waals surface area contributed by atoms with Crippen LogP contribution in [0.2, 0.25) is 0 Å². The number of carbonyl (C=O) groups excluding carboxylic acids is 1. The van der Waals surface area contributed by atoms with Crippen LogP contribution in [0, 0.1) is 0 Å². The normalized spacial score (nSPS) is 11.2. The van der Waals surface area contributed by atoms with Crippen molar-refractivity contribution in [1.29, 1.82) is 0 Å². The summed E-state index contributed by atoms with van der Waals surface area (Å²) in [6, 6.07) is 4.98. The Morgan fingerprint density at radius 2 is 1.61 bits per heavy atom. The van der Waals surface area contributed by atoms with Gasteiger partial charge in [-0.25, -0.2) is 4.79 Å². The average Bonchev–Trinajstić information content (AvgIpc) is 2.78. The summed E-state index contributed by atoms with van der Waals surface area (Å²) in [4.78, 5) is 24.3. The van der Waals surface area contributed by atoms with E-state index in [1.807, 2.05) is 12.2 Å². The maximum atomic E-state index is 12.7. The highest BCUT2D eigenvalue weighted by Crippen LogP contribution is 2.39. The molecule has 2 rings (SSSR count). The molecule has 1 aromatic carbocycles. The van der Waals surface area contributed by atoms with Gasteiger partial charge in [0.1, 0.15) is 16.7 Å². The molecule has 182 valence electrons. The van der Waals surface area contributed by atoms with Gasteiger partial charge in [-0.1, -0.05) is 77.0 Å². The Morgan fingerprint density at radius 3 is 2.30 bits per heavy atom. The van der Waals surface area contributed by atoms with E-state index in [0.29, 0.717) is 30.6 Å². The molecule has 0 unspecified atom stereocenters. The van der Waals surface area contributed by atoms with Gasteiger partial charge in [0.05, 0.1) is 13.2 Å². The van der Waals surface area contributed by atoms with Gasteiger partial charge in [0.15, 0.2) is 5.75 Å². The Bertz CT molecular complexity index is 944. The zero-order valence-corrected chi connectivity index (χ0v) is 20.3. The van der Waals surface area contributed by atoms with Gasteiger partial charge in [-0.3, -0.25) is 4.79 Å². The minimum atomic E-state index is -0.604. The van der Waals surface area contributed by atoms with Crippen LogP contribution in [0.5, 0.6) is 17.2 Å². The molecule has 0 amide bonds. The molecule has 0 fully saturated rings. The Morgan fingerprint density at radius 1 is 0.909 bits per heavy atom. The van der Waals surface area contributed by atoms with Crippen molar-refractivity contribution in [1.82, 2.24) is 0 Å². The molecule has 33 heavy (non-hydrogen) atoms. The van der Waals surface area contributed by atoms with Gasteiger partial charge in [0.25, 0.3) is 0 Å². The van der Waals surface area contributed by atoms with E-state index in [2.05, 4.69) is 13.8 Å². The van der Waals surface area contributed by atoms with Crippen LogP contribution in [-0.2, 0) is 4.79 Å². The van der Waals surface area contributed by atoms with E-state index in [-0.39, 0.29) is 17.2 Å². The number of allylic oxidation sites excluding steroid dienone is 1. The first-order chi connectivity index (χ1) is 16.1. The summed E-state index contributed by atoms with van der Waals surface area (Å²) in [5.74, 6) is 0.118. The first-order valence-corrected chi connectivity index (χ1v) is 12.3. The molecule has 1 heterocycles. The van der Waals surface area contributed by atoms with E-state index in [0.717, 1.165) is 25.7 Å². The van der Waals surface area contributed by atoms with Crippen LogP contribution in [0.1, 0.15) is 85.0 Å². The highest BCUT2D eigenvalue weighted by Gasteiger charge is 2.21. The number of hydrogen-bond acceptors (Lipinski definition) is 6. The number of esters is 1. The van der Waals surface area contributed by atoms with Crippen molar-refractivity contribution >= 4 is 16.9 Å². The number of unbranched alkanes of at least 4 members (excludes halogenated alkanes) is 7. The fraction of sp³-hybridized carbons (Fsp3) is 0.556. The van der Waals surface area contributed by atoms with Gasteiger partial charge in [0, 0.05) is 6.92 Å². The lowest BCUT2D eigenvalue weighted by molar-refractivity contribution is -0.131. The van der Waals surface area contributed by atoms with E-state index in [1.165, 1.54) is 39.0 Å². The van der Waals surface area contributed by atoms with Crippen LogP contribution < -0.4 is 19.8 Å². The lowest BCUT2D eigenvalue weighted by Gasteiger charge is -2.15. The van der Waals surface area contributed by atoms with Crippen molar-refractivity contribution in [2.45, 2.75) is 85.0 Å². The Hall–Kier alpha value is -2.76. The van der Waals surface area contributed by atoms with Gasteiger partial charge in [0.2, 0.25) is 5.75 Å². The van der Waals surface area contributed by atoms with Crippen LogP contribution >= 0.6 is 0 Å². The number of hydrogen-bond donors (Lipinski definition) is 0. The molecule has 0 atom stereocenters. The van der Waals surface area contributed by atoms with Gasteiger partial charge in [-0.05, 0) is 31.4 Å². The highest BCUT2D eigenvalue weighted by molar-refractivity contribution is 5.93. The molecule has 6 heteroatoms. The third-order valence-electron chi connectivity index (χ3n) is 5.24. The minimum Gasteiger partial charge on any atom is -0.489 e. The van der Waals surface area contributed by atoms with Crippen LogP contribution in [0.15, 0.2) is 39.6 Å². The number of rotatable bonds is 16. The van der Waals surface area contributed by atoms with Crippen LogP contribution in [0.25, 0.3) is 11.0 Å². The summed E-state index contributed by atoms with van der Waals surface area (Å²) in [5.41, 5.74) is -0.309.